The minimum Gasteiger partial charge on any atom is -0.313 e. The highest BCUT2D eigenvalue weighted by atomic mass is 32.2. The Morgan fingerprint density at radius 2 is 2.05 bits per heavy atom. The third-order valence-corrected chi connectivity index (χ3v) is 5.62. The summed E-state index contributed by atoms with van der Waals surface area (Å²) in [6.07, 6.45) is -4.62. The van der Waals surface area contributed by atoms with Crippen molar-refractivity contribution in [3.8, 4) is 0 Å². The summed E-state index contributed by atoms with van der Waals surface area (Å²) in [5.74, 6) is 0. The van der Waals surface area contributed by atoms with E-state index in [1.807, 2.05) is 6.92 Å². The van der Waals surface area contributed by atoms with E-state index in [2.05, 4.69) is 10.0 Å². The van der Waals surface area contributed by atoms with Crippen molar-refractivity contribution in [2.45, 2.75) is 49.7 Å². The van der Waals surface area contributed by atoms with Crippen LogP contribution in [0.4, 0.5) is 13.2 Å². The van der Waals surface area contributed by atoms with Crippen LogP contribution >= 0.6 is 11.3 Å². The van der Waals surface area contributed by atoms with Crippen molar-refractivity contribution in [1.82, 2.24) is 10.0 Å². The molecule has 0 aromatic carbocycles. The van der Waals surface area contributed by atoms with Crippen LogP contribution < -0.4 is 10.0 Å². The average Bonchev–Trinajstić information content (AvgIpc) is 2.75. The second kappa shape index (κ2) is 7.57. The fourth-order valence-corrected chi connectivity index (χ4v) is 4.18. The molecular weight excluding hydrogens is 325 g/mol. The van der Waals surface area contributed by atoms with Crippen molar-refractivity contribution in [3.05, 3.63) is 17.0 Å². The van der Waals surface area contributed by atoms with Gasteiger partial charge in [0, 0.05) is 12.6 Å². The molecule has 9 heteroatoms. The Morgan fingerprint density at radius 3 is 2.62 bits per heavy atom. The summed E-state index contributed by atoms with van der Waals surface area (Å²) in [5, 5.41) is 4.82. The smallest absolute Gasteiger partial charge is 0.313 e. The average molecular weight is 344 g/mol. The first-order chi connectivity index (χ1) is 9.64. The lowest BCUT2D eigenvalue weighted by Crippen LogP contribution is -2.35. The van der Waals surface area contributed by atoms with Gasteiger partial charge < -0.3 is 5.32 Å². The van der Waals surface area contributed by atoms with E-state index in [4.69, 9.17) is 0 Å². The van der Waals surface area contributed by atoms with Crippen LogP contribution in [-0.2, 0) is 16.6 Å². The van der Waals surface area contributed by atoms with Gasteiger partial charge in [-0.1, -0.05) is 6.92 Å². The van der Waals surface area contributed by atoms with E-state index in [0.717, 1.165) is 29.9 Å². The number of nitrogens with one attached hydrogen (secondary N) is 2. The van der Waals surface area contributed by atoms with E-state index in [0.29, 0.717) is 6.54 Å². The van der Waals surface area contributed by atoms with Gasteiger partial charge in [0.25, 0.3) is 0 Å². The Kier molecular flexibility index (Phi) is 6.64. The quantitative estimate of drug-likeness (QED) is 0.713. The maximum atomic E-state index is 12.2. The molecule has 0 radical (unpaired) electrons. The topological polar surface area (TPSA) is 58.2 Å². The summed E-state index contributed by atoms with van der Waals surface area (Å²) in [7, 11) is -3.90. The number of alkyl halides is 3. The third kappa shape index (κ3) is 6.77. The molecule has 1 aromatic rings. The molecular formula is C12H19F3N2O2S2. The molecule has 1 heterocycles. The minimum atomic E-state index is -4.40. The molecule has 0 fully saturated rings. The van der Waals surface area contributed by atoms with Crippen LogP contribution in [0.15, 0.2) is 15.7 Å². The summed E-state index contributed by atoms with van der Waals surface area (Å²) >= 11 is 1.00. The number of hydrogen-bond acceptors (Lipinski definition) is 4. The third-order valence-electron chi connectivity index (χ3n) is 2.54. The van der Waals surface area contributed by atoms with Gasteiger partial charge in [0.1, 0.15) is 4.21 Å². The van der Waals surface area contributed by atoms with Crippen LogP contribution in [0.3, 0.4) is 0 Å². The van der Waals surface area contributed by atoms with Crippen molar-refractivity contribution in [3.63, 3.8) is 0 Å². The van der Waals surface area contributed by atoms with Gasteiger partial charge in [-0.25, -0.2) is 13.1 Å². The first-order valence-electron chi connectivity index (χ1n) is 6.51. The highest BCUT2D eigenvalue weighted by molar-refractivity contribution is 7.91. The Morgan fingerprint density at radius 1 is 1.38 bits per heavy atom. The lowest BCUT2D eigenvalue weighted by Gasteiger charge is -2.15. The molecule has 21 heavy (non-hydrogen) atoms. The van der Waals surface area contributed by atoms with Gasteiger partial charge in [0.15, 0.2) is 0 Å². The van der Waals surface area contributed by atoms with Crippen LogP contribution in [0.25, 0.3) is 0 Å². The number of halogens is 3. The molecule has 1 atom stereocenters. The molecule has 0 saturated heterocycles. The molecule has 0 saturated carbocycles. The van der Waals surface area contributed by atoms with Gasteiger partial charge in [-0.15, -0.1) is 11.3 Å². The summed E-state index contributed by atoms with van der Waals surface area (Å²) in [5.41, 5.74) is 0.803. The van der Waals surface area contributed by atoms with Crippen molar-refractivity contribution >= 4 is 21.4 Å². The molecule has 2 N–H and O–H groups in total. The van der Waals surface area contributed by atoms with E-state index in [1.54, 1.807) is 5.38 Å². The van der Waals surface area contributed by atoms with Crippen molar-refractivity contribution < 1.29 is 21.6 Å². The zero-order valence-electron chi connectivity index (χ0n) is 11.8. The Labute approximate surface area is 126 Å². The lowest BCUT2D eigenvalue weighted by molar-refractivity contribution is -0.137. The molecule has 0 bridgehead atoms. The Hall–Kier alpha value is -0.640. The maximum absolute atomic E-state index is 12.2. The normalized spacial score (nSPS) is 14.3. The van der Waals surface area contributed by atoms with Gasteiger partial charge >= 0.3 is 6.18 Å². The molecule has 1 unspecified atom stereocenters. The lowest BCUT2D eigenvalue weighted by atomic mass is 10.2. The van der Waals surface area contributed by atoms with E-state index >= 15 is 0 Å². The first kappa shape index (κ1) is 18.4. The Bertz CT molecular complexity index is 541. The predicted molar refractivity (Wildman–Crippen MR) is 76.8 cm³/mol. The summed E-state index contributed by atoms with van der Waals surface area (Å²) in [6, 6.07) is 0.287. The van der Waals surface area contributed by atoms with Crippen LogP contribution in [0.1, 0.15) is 32.3 Å². The van der Waals surface area contributed by atoms with Gasteiger partial charge in [0.2, 0.25) is 10.0 Å². The van der Waals surface area contributed by atoms with E-state index in [-0.39, 0.29) is 4.21 Å². The zero-order chi connectivity index (χ0) is 16.1. The highest BCUT2D eigenvalue weighted by Crippen LogP contribution is 2.24. The number of sulfonamides is 1. The fraction of sp³-hybridized carbons (Fsp3) is 0.667. The molecule has 0 aliphatic heterocycles. The van der Waals surface area contributed by atoms with Crippen molar-refractivity contribution in [2.24, 2.45) is 0 Å². The molecule has 4 nitrogen and oxygen atoms in total. The summed E-state index contributed by atoms with van der Waals surface area (Å²) in [4.78, 5) is 0. The summed E-state index contributed by atoms with van der Waals surface area (Å²) in [6.45, 7) is 4.57. The highest BCUT2D eigenvalue weighted by Gasteiger charge is 2.32. The fourth-order valence-electron chi connectivity index (χ4n) is 1.71. The number of thiophene rings is 1. The maximum Gasteiger partial charge on any atom is 0.390 e. The van der Waals surface area contributed by atoms with Crippen molar-refractivity contribution in [2.75, 3.05) is 6.54 Å². The van der Waals surface area contributed by atoms with Gasteiger partial charge in [-0.2, -0.15) is 13.2 Å². The first-order valence-corrected chi connectivity index (χ1v) is 8.87. The SMILES string of the molecule is CCCNCc1csc(S(=O)(=O)NC(C)CC(F)(F)F)c1. The monoisotopic (exact) mass is 344 g/mol. The van der Waals surface area contributed by atoms with Crippen LogP contribution in [0.2, 0.25) is 0 Å². The zero-order valence-corrected chi connectivity index (χ0v) is 13.5. The molecule has 0 aliphatic rings. The van der Waals surface area contributed by atoms with Crippen molar-refractivity contribution in [1.29, 1.82) is 0 Å². The van der Waals surface area contributed by atoms with Crippen LogP contribution in [0, 0.1) is 0 Å². The largest absolute Gasteiger partial charge is 0.390 e. The second-order valence-corrected chi connectivity index (χ2v) is 7.64. The molecule has 0 spiro atoms. The van der Waals surface area contributed by atoms with E-state index in [9.17, 15) is 21.6 Å². The van der Waals surface area contributed by atoms with E-state index in [1.165, 1.54) is 13.0 Å². The van der Waals surface area contributed by atoms with Crippen LogP contribution in [-0.4, -0.2) is 27.2 Å². The molecule has 0 amide bonds. The standard InChI is InChI=1S/C12H19F3N2O2S2/c1-3-4-16-7-10-5-11(20-8-10)21(18,19)17-9(2)6-12(13,14)15/h5,8-9,16-17H,3-4,6-7H2,1-2H3. The van der Waals surface area contributed by atoms with Gasteiger partial charge in [0.05, 0.1) is 6.42 Å². The predicted octanol–water partition coefficient (Wildman–Crippen LogP) is 2.87. The minimum absolute atomic E-state index is 0.0322. The Balaban J connectivity index is 2.66. The van der Waals surface area contributed by atoms with E-state index < -0.39 is 28.7 Å². The summed E-state index contributed by atoms with van der Waals surface area (Å²) < 4.78 is 62.7. The molecule has 122 valence electrons. The molecule has 0 aliphatic carbocycles. The molecule has 1 aromatic heterocycles. The number of rotatable bonds is 8. The number of hydrogen-bond donors (Lipinski definition) is 2. The molecule has 1 rings (SSSR count). The van der Waals surface area contributed by atoms with Gasteiger partial charge in [-0.3, -0.25) is 0 Å². The van der Waals surface area contributed by atoms with Crippen LogP contribution in [0.5, 0.6) is 0 Å². The van der Waals surface area contributed by atoms with Gasteiger partial charge in [-0.05, 0) is 36.9 Å². The second-order valence-electron chi connectivity index (χ2n) is 4.79.